The van der Waals surface area contributed by atoms with E-state index in [0.717, 1.165) is 24.7 Å². The van der Waals surface area contributed by atoms with Gasteiger partial charge in [-0.2, -0.15) is 4.31 Å². The standard InChI is InChI=1S/C21H23ClN4O4S2/c1-30-17-9-8-15(22)19-18(17)24-21(31-19)25(13-14-6-5-10-23-12-14)20(27)16-7-3-4-11-26(16)32(2,28)29/h5-6,8-10,12,16H,3-4,7,11,13H2,1-2H3. The molecule has 3 aromatic rings. The van der Waals surface area contributed by atoms with Crippen molar-refractivity contribution in [2.45, 2.75) is 31.8 Å². The van der Waals surface area contributed by atoms with Gasteiger partial charge in [0.05, 0.1) is 29.6 Å². The summed E-state index contributed by atoms with van der Waals surface area (Å²) in [6.45, 7) is 0.538. The van der Waals surface area contributed by atoms with Crippen LogP contribution in [0.3, 0.4) is 0 Å². The summed E-state index contributed by atoms with van der Waals surface area (Å²) in [5.74, 6) is 0.240. The van der Waals surface area contributed by atoms with Gasteiger partial charge in [-0.3, -0.25) is 14.7 Å². The highest BCUT2D eigenvalue weighted by Gasteiger charge is 2.38. The highest BCUT2D eigenvalue weighted by atomic mass is 35.5. The van der Waals surface area contributed by atoms with Crippen LogP contribution in [0.15, 0.2) is 36.7 Å². The number of aromatic nitrogens is 2. The molecule has 0 aliphatic carbocycles. The molecule has 1 amide bonds. The Labute approximate surface area is 195 Å². The lowest BCUT2D eigenvalue weighted by molar-refractivity contribution is -0.123. The van der Waals surface area contributed by atoms with Crippen LogP contribution in [0.25, 0.3) is 10.2 Å². The number of methoxy groups -OCH3 is 1. The summed E-state index contributed by atoms with van der Waals surface area (Å²) in [6, 6.07) is 6.33. The zero-order valence-electron chi connectivity index (χ0n) is 17.7. The van der Waals surface area contributed by atoms with Crippen LogP contribution < -0.4 is 9.64 Å². The second-order valence-corrected chi connectivity index (χ2v) is 10.9. The average molecular weight is 495 g/mol. The van der Waals surface area contributed by atoms with Crippen molar-refractivity contribution in [3.05, 3.63) is 47.2 Å². The predicted octanol–water partition coefficient (Wildman–Crippen LogP) is 3.70. The maximum absolute atomic E-state index is 13.8. The lowest BCUT2D eigenvalue weighted by Gasteiger charge is -2.35. The fourth-order valence-corrected chi connectivity index (χ4v) is 6.24. The molecule has 1 aliphatic rings. The number of anilines is 1. The van der Waals surface area contributed by atoms with Gasteiger partial charge in [0.25, 0.3) is 0 Å². The molecular weight excluding hydrogens is 472 g/mol. The summed E-state index contributed by atoms with van der Waals surface area (Å²) in [7, 11) is -1.99. The van der Waals surface area contributed by atoms with Gasteiger partial charge in [0.1, 0.15) is 17.3 Å². The fourth-order valence-electron chi connectivity index (χ4n) is 3.86. The van der Waals surface area contributed by atoms with Gasteiger partial charge >= 0.3 is 0 Å². The summed E-state index contributed by atoms with van der Waals surface area (Å²) in [5, 5.41) is 0.938. The van der Waals surface area contributed by atoms with E-state index in [-0.39, 0.29) is 12.5 Å². The molecule has 1 aliphatic heterocycles. The van der Waals surface area contributed by atoms with Crippen LogP contribution in [-0.4, -0.2) is 54.6 Å². The zero-order valence-corrected chi connectivity index (χ0v) is 20.1. The third-order valence-corrected chi connectivity index (χ3v) is 8.22. The van der Waals surface area contributed by atoms with E-state index in [9.17, 15) is 13.2 Å². The number of nitrogens with zero attached hydrogens (tertiary/aromatic N) is 4. The van der Waals surface area contributed by atoms with Gasteiger partial charge in [0.15, 0.2) is 5.13 Å². The Morgan fingerprint density at radius 3 is 2.84 bits per heavy atom. The Bertz CT molecular complexity index is 1230. The van der Waals surface area contributed by atoms with Crippen LogP contribution in [0, 0.1) is 0 Å². The summed E-state index contributed by atoms with van der Waals surface area (Å²) >= 11 is 7.66. The van der Waals surface area contributed by atoms with Crippen molar-refractivity contribution in [3.8, 4) is 5.75 Å². The molecule has 1 saturated heterocycles. The van der Waals surface area contributed by atoms with E-state index in [2.05, 4.69) is 9.97 Å². The summed E-state index contributed by atoms with van der Waals surface area (Å²) in [5.41, 5.74) is 1.37. The number of amides is 1. The Morgan fingerprint density at radius 1 is 1.34 bits per heavy atom. The largest absolute Gasteiger partial charge is 0.494 e. The van der Waals surface area contributed by atoms with Gasteiger partial charge in [0, 0.05) is 18.9 Å². The molecule has 32 heavy (non-hydrogen) atoms. The molecule has 0 spiro atoms. The van der Waals surface area contributed by atoms with E-state index < -0.39 is 16.1 Å². The Hall–Kier alpha value is -2.27. The number of hydrogen-bond acceptors (Lipinski definition) is 7. The normalized spacial score (nSPS) is 17.4. The number of fused-ring (bicyclic) bond motifs is 1. The smallest absolute Gasteiger partial charge is 0.247 e. The average Bonchev–Trinajstić information content (AvgIpc) is 3.23. The minimum atomic E-state index is -3.54. The third-order valence-electron chi connectivity index (χ3n) is 5.39. The minimum Gasteiger partial charge on any atom is -0.494 e. The van der Waals surface area contributed by atoms with Crippen LogP contribution in [0.2, 0.25) is 5.02 Å². The van der Waals surface area contributed by atoms with Crippen molar-refractivity contribution in [2.75, 3.05) is 24.8 Å². The summed E-state index contributed by atoms with van der Waals surface area (Å²) < 4.78 is 32.2. The van der Waals surface area contributed by atoms with E-state index in [1.807, 2.05) is 6.07 Å². The van der Waals surface area contributed by atoms with Gasteiger partial charge in [-0.15, -0.1) is 0 Å². The molecule has 1 aromatic carbocycles. The SMILES string of the molecule is COc1ccc(Cl)c2sc(N(Cc3cccnc3)C(=O)C3CCCCN3S(C)(=O)=O)nc12. The summed E-state index contributed by atoms with van der Waals surface area (Å²) in [4.78, 5) is 24.1. The molecule has 4 rings (SSSR count). The van der Waals surface area contributed by atoms with Crippen molar-refractivity contribution in [2.24, 2.45) is 0 Å². The zero-order chi connectivity index (χ0) is 22.9. The van der Waals surface area contributed by atoms with E-state index in [1.54, 1.807) is 37.7 Å². The number of rotatable bonds is 6. The van der Waals surface area contributed by atoms with Crippen molar-refractivity contribution in [1.29, 1.82) is 0 Å². The van der Waals surface area contributed by atoms with Gasteiger partial charge in [-0.25, -0.2) is 13.4 Å². The molecule has 1 unspecified atom stereocenters. The number of pyridine rings is 1. The minimum absolute atomic E-state index is 0.209. The molecule has 11 heteroatoms. The quantitative estimate of drug-likeness (QED) is 0.518. The lowest BCUT2D eigenvalue weighted by atomic mass is 10.0. The number of halogens is 1. The van der Waals surface area contributed by atoms with Crippen LogP contribution in [0.4, 0.5) is 5.13 Å². The number of sulfonamides is 1. The van der Waals surface area contributed by atoms with Gasteiger partial charge in [0.2, 0.25) is 15.9 Å². The van der Waals surface area contributed by atoms with E-state index in [1.165, 1.54) is 20.5 Å². The molecule has 0 bridgehead atoms. The van der Waals surface area contributed by atoms with Crippen molar-refractivity contribution in [1.82, 2.24) is 14.3 Å². The van der Waals surface area contributed by atoms with Gasteiger partial charge < -0.3 is 4.74 Å². The van der Waals surface area contributed by atoms with Crippen LogP contribution in [0.1, 0.15) is 24.8 Å². The number of ether oxygens (including phenoxy) is 1. The number of benzene rings is 1. The number of carbonyl (C=O) groups excluding carboxylic acids is 1. The predicted molar refractivity (Wildman–Crippen MR) is 126 cm³/mol. The first-order chi connectivity index (χ1) is 15.3. The van der Waals surface area contributed by atoms with E-state index in [4.69, 9.17) is 16.3 Å². The number of carbonyl (C=O) groups is 1. The second-order valence-electron chi connectivity index (χ2n) is 7.59. The Kier molecular flexibility index (Phi) is 6.66. The topological polar surface area (TPSA) is 92.7 Å². The highest BCUT2D eigenvalue weighted by molar-refractivity contribution is 7.88. The second kappa shape index (κ2) is 9.30. The first-order valence-corrected chi connectivity index (χ1v) is 13.1. The van der Waals surface area contributed by atoms with Crippen molar-refractivity contribution >= 4 is 54.2 Å². The number of hydrogen-bond donors (Lipinski definition) is 0. The summed E-state index contributed by atoms with van der Waals surface area (Å²) in [6.07, 6.45) is 6.45. The maximum Gasteiger partial charge on any atom is 0.247 e. The van der Waals surface area contributed by atoms with Crippen LogP contribution in [0.5, 0.6) is 5.75 Å². The molecule has 0 saturated carbocycles. The van der Waals surface area contributed by atoms with Gasteiger partial charge in [-0.1, -0.05) is 35.4 Å². The molecule has 0 radical (unpaired) electrons. The monoisotopic (exact) mass is 494 g/mol. The van der Waals surface area contributed by atoms with Crippen molar-refractivity contribution in [3.63, 3.8) is 0 Å². The lowest BCUT2D eigenvalue weighted by Crippen LogP contribution is -2.52. The fraction of sp³-hybridized carbons (Fsp3) is 0.381. The first-order valence-electron chi connectivity index (χ1n) is 10.1. The van der Waals surface area contributed by atoms with E-state index in [0.29, 0.717) is 39.1 Å². The van der Waals surface area contributed by atoms with Crippen LogP contribution >= 0.6 is 22.9 Å². The third kappa shape index (κ3) is 4.59. The maximum atomic E-state index is 13.8. The number of piperidine rings is 1. The first kappa shape index (κ1) is 22.9. The van der Waals surface area contributed by atoms with E-state index >= 15 is 0 Å². The van der Waals surface area contributed by atoms with Crippen LogP contribution in [-0.2, 0) is 21.4 Å². The van der Waals surface area contributed by atoms with Crippen molar-refractivity contribution < 1.29 is 17.9 Å². The molecule has 2 aromatic heterocycles. The molecule has 8 nitrogen and oxygen atoms in total. The molecule has 3 heterocycles. The highest BCUT2D eigenvalue weighted by Crippen LogP contribution is 2.39. The molecule has 1 fully saturated rings. The van der Waals surface area contributed by atoms with Gasteiger partial charge in [-0.05, 0) is 36.6 Å². The molecule has 0 N–H and O–H groups in total. The molecule has 1 atom stereocenters. The Morgan fingerprint density at radius 2 is 2.16 bits per heavy atom. The Balaban J connectivity index is 1.80. The number of thiazole rings is 1. The molecular formula is C21H23ClN4O4S2. The molecule has 170 valence electrons.